The lowest BCUT2D eigenvalue weighted by Gasteiger charge is -2.37. The monoisotopic (exact) mass is 1560 g/mol. The van der Waals surface area contributed by atoms with Crippen LogP contribution in [-0.2, 0) is 51.0 Å². The lowest BCUT2D eigenvalue weighted by molar-refractivity contribution is -0.136. The molecule has 6 atom stereocenters. The Bertz CT molecular complexity index is 4370. The molecule has 574 valence electrons. The van der Waals surface area contributed by atoms with Crippen LogP contribution in [-0.4, -0.2) is 114 Å². The summed E-state index contributed by atoms with van der Waals surface area (Å²) in [7, 11) is 2.83. The predicted octanol–water partition coefficient (Wildman–Crippen LogP) is 15.8. The summed E-state index contributed by atoms with van der Waals surface area (Å²) in [6.45, 7) is 18.8. The topological polar surface area (TPSA) is 271 Å². The van der Waals surface area contributed by atoms with Crippen molar-refractivity contribution in [2.24, 2.45) is 0 Å². The van der Waals surface area contributed by atoms with Gasteiger partial charge in [0.2, 0.25) is 35.4 Å². The molecule has 2 aliphatic heterocycles. The largest absolute Gasteiger partial charge is 0.444 e. The third-order valence-corrected chi connectivity index (χ3v) is 23.3. The van der Waals surface area contributed by atoms with Gasteiger partial charge in [0.25, 0.3) is 0 Å². The van der Waals surface area contributed by atoms with E-state index in [0.29, 0.717) is 53.4 Å². The first kappa shape index (κ1) is 82.4. The molecule has 0 spiro atoms. The van der Waals surface area contributed by atoms with Crippen LogP contribution in [0.2, 0.25) is 0 Å². The highest BCUT2D eigenvalue weighted by molar-refractivity contribution is 8.76. The highest BCUT2D eigenvalue weighted by Gasteiger charge is 2.43. The summed E-state index contributed by atoms with van der Waals surface area (Å²) in [6.07, 6.45) is -0.212. The van der Waals surface area contributed by atoms with E-state index in [0.717, 1.165) is 44.5 Å². The molecule has 4 heterocycles. The minimum atomic E-state index is -0.653. The fourth-order valence-electron chi connectivity index (χ4n) is 12.3. The van der Waals surface area contributed by atoms with Gasteiger partial charge in [-0.1, -0.05) is 302 Å². The quantitative estimate of drug-likeness (QED) is 0.0159. The maximum absolute atomic E-state index is 13.1. The zero-order valence-corrected chi connectivity index (χ0v) is 66.7. The van der Waals surface area contributed by atoms with Crippen molar-refractivity contribution in [1.82, 2.24) is 52.2 Å². The Morgan fingerprint density at radius 2 is 0.673 bits per heavy atom. The van der Waals surface area contributed by atoms with Crippen molar-refractivity contribution < 1.29 is 47.3 Å². The Hall–Kier alpha value is -10.1. The maximum Gasteiger partial charge on any atom is 0.408 e. The van der Waals surface area contributed by atoms with E-state index >= 15 is 0 Å². The minimum absolute atomic E-state index is 0.0749. The number of alkyl carbamates (subject to hydrolysis) is 2. The van der Waals surface area contributed by atoms with Crippen molar-refractivity contribution in [2.45, 2.75) is 151 Å². The second-order valence-electron chi connectivity index (χ2n) is 29.1. The normalized spacial score (nSPS) is 16.4. The van der Waals surface area contributed by atoms with Crippen molar-refractivity contribution in [3.8, 4) is 0 Å². The van der Waals surface area contributed by atoms with E-state index < -0.39 is 69.1 Å². The molecule has 110 heavy (non-hydrogen) atoms. The molecule has 10 aromatic rings. The Morgan fingerprint density at radius 3 is 0.982 bits per heavy atom. The van der Waals surface area contributed by atoms with Gasteiger partial charge >= 0.3 is 12.2 Å². The predicted molar refractivity (Wildman–Crippen MR) is 437 cm³/mol. The van der Waals surface area contributed by atoms with Crippen molar-refractivity contribution in [3.63, 3.8) is 0 Å². The van der Waals surface area contributed by atoms with Gasteiger partial charge in [0.05, 0.1) is 9.49 Å². The number of amides is 6. The SMILES string of the molecule is CC(C)c1noc([C@H](CSC(c2ccccc2)(c2ccccc2)c2ccccc2)NC(=O)OC(C)(C)C)n1.CC(C)c1noc([C@H](CSSC[C@@H]2NC(=O)[C@@H](Cc3ccccc3)NC2=O)NC(=O)OC(C)(C)C)n1.O=C1N[C@H](Cc2ccccc2)C(=O)N[C@H]1CSC(c1ccccc1)(c1ccccc1)c1ccccc1. The third-order valence-electron chi connectivity index (χ3n) is 17.6. The van der Waals surface area contributed by atoms with Crippen LogP contribution < -0.4 is 31.9 Å². The number of carbonyl (C=O) groups is 6. The fourth-order valence-corrected chi connectivity index (χ4v) is 17.7. The first-order valence-electron chi connectivity index (χ1n) is 36.7. The molecular formula is C86H96N10O10S4. The van der Waals surface area contributed by atoms with Crippen LogP contribution in [0.4, 0.5) is 9.59 Å². The van der Waals surface area contributed by atoms with E-state index in [1.54, 1.807) is 44.3 Å². The van der Waals surface area contributed by atoms with E-state index in [-0.39, 0.29) is 41.4 Å². The van der Waals surface area contributed by atoms with Crippen molar-refractivity contribution in [3.05, 3.63) is 311 Å². The summed E-state index contributed by atoms with van der Waals surface area (Å²) in [5, 5.41) is 25.5. The number of piperazine rings is 2. The molecule has 0 bridgehead atoms. The number of hydrogen-bond donors (Lipinski definition) is 6. The van der Waals surface area contributed by atoms with Gasteiger partial charge in [0, 0.05) is 47.7 Å². The van der Waals surface area contributed by atoms with Gasteiger partial charge in [-0.05, 0) is 86.1 Å². The van der Waals surface area contributed by atoms with Crippen LogP contribution in [0.25, 0.3) is 0 Å². The third kappa shape index (κ3) is 22.8. The van der Waals surface area contributed by atoms with Gasteiger partial charge < -0.3 is 50.4 Å². The molecule has 0 aliphatic carbocycles. The number of hydrogen-bond acceptors (Lipinski definition) is 18. The Kier molecular flexibility index (Phi) is 29.2. The summed E-state index contributed by atoms with van der Waals surface area (Å²) < 4.78 is 20.9. The Labute approximate surface area is 660 Å². The molecule has 2 aliphatic rings. The molecule has 24 heteroatoms. The van der Waals surface area contributed by atoms with E-state index in [1.165, 1.54) is 21.6 Å². The Morgan fingerprint density at radius 1 is 0.391 bits per heavy atom. The number of benzene rings is 8. The van der Waals surface area contributed by atoms with Crippen LogP contribution in [0, 0.1) is 0 Å². The standard InChI is InChI=1S/C31H35N3O3S.C31H28N2O2S.C24H33N5O5S2/c1-22(2)27-33-28(37-34-27)26(32-29(35)36-30(3,4)5)21-38-31(23-15-9-6-10-16-23,24-17-11-7-12-18-24)25-19-13-8-14-20-25;34-29-27(21-23-13-5-1-6-14-23)32-30(35)28(33-29)22-36-31(24-15-7-2-8-16-24,25-17-9-3-10-18-25)26-19-11-4-12-20-26;1-14(2)19-28-22(34-29-19)18(27-23(32)33-24(3,4)5)13-36-35-12-17-21(31)25-16(20(30)26-17)11-15-9-7-6-8-10-15/h6-20,22,26H,21H2,1-5H3,(H,32,35);1-20,27-28H,21-22H2,(H,32,35)(H,33,34);6-10,14,16-18H,11-13H2,1-5H3,(H,25,31)(H,26,30)(H,27,32)/t26-;27-,28+;16-,17+,18+/m011/s1. The number of nitrogens with zero attached hydrogens (tertiary/aromatic N) is 4. The highest BCUT2D eigenvalue weighted by Crippen LogP contribution is 2.51. The van der Waals surface area contributed by atoms with Gasteiger partial charge in [-0.15, -0.1) is 23.5 Å². The number of rotatable bonds is 27. The van der Waals surface area contributed by atoms with Gasteiger partial charge in [0.1, 0.15) is 47.5 Å². The van der Waals surface area contributed by atoms with Crippen LogP contribution in [0.5, 0.6) is 0 Å². The van der Waals surface area contributed by atoms with Crippen LogP contribution >= 0.6 is 45.1 Å². The molecule has 6 amide bonds. The van der Waals surface area contributed by atoms with Crippen LogP contribution in [0.3, 0.4) is 0 Å². The molecule has 0 saturated carbocycles. The molecule has 2 saturated heterocycles. The number of thioether (sulfide) groups is 2. The van der Waals surface area contributed by atoms with Crippen LogP contribution in [0.15, 0.2) is 252 Å². The molecule has 0 radical (unpaired) electrons. The van der Waals surface area contributed by atoms with Crippen LogP contribution in [0.1, 0.15) is 161 Å². The van der Waals surface area contributed by atoms with Crippen molar-refractivity contribution >= 4 is 80.9 Å². The molecule has 8 aromatic carbocycles. The molecule has 6 N–H and O–H groups in total. The summed E-state index contributed by atoms with van der Waals surface area (Å²) in [4.78, 5) is 85.5. The fraction of sp³-hybridized carbons (Fsp3) is 0.326. The summed E-state index contributed by atoms with van der Waals surface area (Å²) in [5.74, 6) is 2.88. The average molecular weight is 1560 g/mol. The van der Waals surface area contributed by atoms with E-state index in [4.69, 9.17) is 18.5 Å². The van der Waals surface area contributed by atoms with Gasteiger partial charge in [0.15, 0.2) is 11.6 Å². The number of ether oxygens (including phenoxy) is 2. The smallest absolute Gasteiger partial charge is 0.408 e. The average Bonchev–Trinajstić information content (AvgIpc) is 0.803. The zero-order valence-electron chi connectivity index (χ0n) is 63.5. The van der Waals surface area contributed by atoms with Gasteiger partial charge in [-0.3, -0.25) is 19.2 Å². The number of carbonyl (C=O) groups excluding carboxylic acids is 6. The molecule has 20 nitrogen and oxygen atoms in total. The first-order valence-corrected chi connectivity index (χ1v) is 41.1. The summed E-state index contributed by atoms with van der Waals surface area (Å²) >= 11 is 3.38. The van der Waals surface area contributed by atoms with E-state index in [2.05, 4.69) is 161 Å². The van der Waals surface area contributed by atoms with E-state index in [1.807, 2.05) is 182 Å². The second kappa shape index (κ2) is 39.0. The molecule has 0 unspecified atom stereocenters. The number of nitrogens with one attached hydrogen (secondary N) is 6. The van der Waals surface area contributed by atoms with E-state index in [9.17, 15) is 28.8 Å². The van der Waals surface area contributed by atoms with Gasteiger partial charge in [-0.25, -0.2) is 9.59 Å². The lowest BCUT2D eigenvalue weighted by atomic mass is 9.84. The minimum Gasteiger partial charge on any atom is -0.444 e. The van der Waals surface area contributed by atoms with Crippen molar-refractivity contribution in [1.29, 1.82) is 0 Å². The molecule has 2 fully saturated rings. The second-order valence-corrected chi connectivity index (χ2v) is 34.1. The molecule has 12 rings (SSSR count). The number of aromatic nitrogens is 4. The maximum atomic E-state index is 13.1. The van der Waals surface area contributed by atoms with Crippen molar-refractivity contribution in [2.75, 3.05) is 23.0 Å². The Balaban J connectivity index is 0.000000176. The van der Waals surface area contributed by atoms with Gasteiger partial charge in [-0.2, -0.15) is 9.97 Å². The molecule has 2 aromatic heterocycles. The lowest BCUT2D eigenvalue weighted by Crippen LogP contribution is -2.63. The summed E-state index contributed by atoms with van der Waals surface area (Å²) in [5.41, 5.74) is 7.46. The molecular weight excluding hydrogens is 1460 g/mol. The summed E-state index contributed by atoms with van der Waals surface area (Å²) in [6, 6.07) is 78.1. The first-order chi connectivity index (χ1) is 52.9. The highest BCUT2D eigenvalue weighted by atomic mass is 33.1. The zero-order chi connectivity index (χ0) is 78.3.